The van der Waals surface area contributed by atoms with Crippen LogP contribution in [-0.4, -0.2) is 40.9 Å². The molecule has 2 rings (SSSR count). The molecule has 1 aliphatic rings. The topological polar surface area (TPSA) is 54.7 Å². The monoisotopic (exact) mass is 322 g/mol. The quantitative estimate of drug-likeness (QED) is 0.748. The summed E-state index contributed by atoms with van der Waals surface area (Å²) < 4.78 is 7.52. The van der Waals surface area contributed by atoms with Crippen molar-refractivity contribution in [1.82, 2.24) is 9.47 Å². The van der Waals surface area contributed by atoms with Crippen molar-refractivity contribution in [2.75, 3.05) is 26.3 Å². The molecular weight excluding hydrogens is 292 g/mol. The smallest absolute Gasteiger partial charge is 0.223 e. The molecule has 0 bridgehead atoms. The maximum absolute atomic E-state index is 11.9. The van der Waals surface area contributed by atoms with Gasteiger partial charge in [-0.25, -0.2) is 0 Å². The number of ether oxygens (including phenoxy) is 1. The van der Waals surface area contributed by atoms with E-state index in [9.17, 15) is 9.90 Å². The molecule has 0 spiro atoms. The van der Waals surface area contributed by atoms with Gasteiger partial charge in [0.2, 0.25) is 5.43 Å². The molecule has 1 N–H and O–H groups in total. The zero-order valence-electron chi connectivity index (χ0n) is 14.5. The number of hydrogen-bond donors (Lipinski definition) is 1. The largest absolute Gasteiger partial charge is 0.503 e. The van der Waals surface area contributed by atoms with Crippen LogP contribution < -0.4 is 5.43 Å². The highest BCUT2D eigenvalue weighted by atomic mass is 16.5. The van der Waals surface area contributed by atoms with Crippen LogP contribution in [0.5, 0.6) is 5.75 Å². The van der Waals surface area contributed by atoms with Crippen LogP contribution in [0.15, 0.2) is 17.1 Å². The Morgan fingerprint density at radius 1 is 1.26 bits per heavy atom. The number of morpholine rings is 1. The van der Waals surface area contributed by atoms with Gasteiger partial charge in [0.15, 0.2) is 5.75 Å². The number of nitrogens with zero attached hydrogens (tertiary/aromatic N) is 2. The molecule has 1 unspecified atom stereocenters. The normalized spacial score (nSPS) is 17.3. The number of aromatic hydroxyl groups is 1. The lowest BCUT2D eigenvalue weighted by Gasteiger charge is -2.30. The minimum Gasteiger partial charge on any atom is -0.503 e. The van der Waals surface area contributed by atoms with E-state index in [0.29, 0.717) is 6.04 Å². The minimum absolute atomic E-state index is 0.148. The molecule has 1 atom stereocenters. The molecule has 1 aliphatic heterocycles. The molecule has 5 heteroatoms. The predicted octanol–water partition coefficient (Wildman–Crippen LogP) is 2.92. The van der Waals surface area contributed by atoms with E-state index in [2.05, 4.69) is 23.3 Å². The number of aromatic nitrogens is 1. The Hall–Kier alpha value is -1.33. The van der Waals surface area contributed by atoms with Crippen LogP contribution >= 0.6 is 0 Å². The Morgan fingerprint density at radius 3 is 2.65 bits per heavy atom. The van der Waals surface area contributed by atoms with Gasteiger partial charge in [-0.15, -0.1) is 0 Å². The van der Waals surface area contributed by atoms with E-state index in [-0.39, 0.29) is 11.2 Å². The fourth-order valence-corrected chi connectivity index (χ4v) is 3.20. The Balaban J connectivity index is 2.20. The van der Waals surface area contributed by atoms with Crippen molar-refractivity contribution in [2.45, 2.75) is 58.5 Å². The Labute approximate surface area is 138 Å². The van der Waals surface area contributed by atoms with Gasteiger partial charge in [0, 0.05) is 37.4 Å². The summed E-state index contributed by atoms with van der Waals surface area (Å²) in [6.07, 6.45) is 7.33. The second kappa shape index (κ2) is 9.08. The highest BCUT2D eigenvalue weighted by Gasteiger charge is 2.17. The molecule has 1 fully saturated rings. The van der Waals surface area contributed by atoms with Gasteiger partial charge in [0.05, 0.1) is 19.4 Å². The van der Waals surface area contributed by atoms with E-state index < -0.39 is 0 Å². The molecule has 0 radical (unpaired) electrons. The molecular formula is C18H30N2O3. The lowest BCUT2D eigenvalue weighted by Crippen LogP contribution is -2.37. The van der Waals surface area contributed by atoms with E-state index >= 15 is 0 Å². The fourth-order valence-electron chi connectivity index (χ4n) is 3.20. The Bertz CT molecular complexity index is 536. The second-order valence-corrected chi connectivity index (χ2v) is 6.37. The zero-order chi connectivity index (χ0) is 16.7. The molecule has 23 heavy (non-hydrogen) atoms. The average Bonchev–Trinajstić information content (AvgIpc) is 2.56. The van der Waals surface area contributed by atoms with E-state index in [1.165, 1.54) is 19.3 Å². The van der Waals surface area contributed by atoms with Crippen molar-refractivity contribution < 1.29 is 9.84 Å². The Morgan fingerprint density at radius 2 is 2.00 bits per heavy atom. The highest BCUT2D eigenvalue weighted by Crippen LogP contribution is 2.23. The second-order valence-electron chi connectivity index (χ2n) is 6.37. The summed E-state index contributed by atoms with van der Waals surface area (Å²) in [6, 6.07) is 1.94. The average molecular weight is 322 g/mol. The third-order valence-electron chi connectivity index (χ3n) is 4.64. The molecule has 1 aromatic heterocycles. The van der Waals surface area contributed by atoms with E-state index in [4.69, 9.17) is 4.74 Å². The summed E-state index contributed by atoms with van der Waals surface area (Å²) in [5, 5.41) is 9.88. The number of rotatable bonds is 8. The van der Waals surface area contributed by atoms with Crippen molar-refractivity contribution in [3.63, 3.8) is 0 Å². The van der Waals surface area contributed by atoms with Gasteiger partial charge in [0.1, 0.15) is 0 Å². The maximum Gasteiger partial charge on any atom is 0.223 e. The van der Waals surface area contributed by atoms with Crippen LogP contribution in [0.4, 0.5) is 0 Å². The van der Waals surface area contributed by atoms with Gasteiger partial charge >= 0.3 is 0 Å². The molecule has 1 aromatic rings. The predicted molar refractivity (Wildman–Crippen MR) is 91.9 cm³/mol. The third-order valence-corrected chi connectivity index (χ3v) is 4.64. The number of pyridine rings is 1. The van der Waals surface area contributed by atoms with Gasteiger partial charge in [-0.05, 0) is 12.8 Å². The number of unbranched alkanes of at least 4 members (excludes halogenated alkanes) is 2. The van der Waals surface area contributed by atoms with Crippen molar-refractivity contribution >= 4 is 0 Å². The molecule has 2 heterocycles. The summed E-state index contributed by atoms with van der Waals surface area (Å²) in [5.41, 5.74) is 0.714. The van der Waals surface area contributed by atoms with Crippen molar-refractivity contribution in [3.8, 4) is 5.75 Å². The molecule has 1 saturated heterocycles. The first-order chi connectivity index (χ1) is 11.2. The summed E-state index contributed by atoms with van der Waals surface area (Å²) in [5.74, 6) is -0.148. The van der Waals surface area contributed by atoms with Crippen molar-refractivity contribution in [2.24, 2.45) is 0 Å². The first-order valence-corrected chi connectivity index (χ1v) is 8.89. The van der Waals surface area contributed by atoms with E-state index in [0.717, 1.165) is 51.4 Å². The van der Waals surface area contributed by atoms with Crippen LogP contribution in [-0.2, 0) is 11.3 Å². The van der Waals surface area contributed by atoms with E-state index in [1.54, 1.807) is 12.3 Å². The zero-order valence-corrected chi connectivity index (χ0v) is 14.5. The van der Waals surface area contributed by atoms with E-state index in [1.807, 2.05) is 0 Å². The van der Waals surface area contributed by atoms with Crippen LogP contribution in [0.2, 0.25) is 0 Å². The van der Waals surface area contributed by atoms with Gasteiger partial charge in [-0.2, -0.15) is 0 Å². The summed E-state index contributed by atoms with van der Waals surface area (Å²) in [7, 11) is 0. The van der Waals surface area contributed by atoms with Crippen LogP contribution in [0.3, 0.4) is 0 Å². The van der Waals surface area contributed by atoms with Crippen molar-refractivity contribution in [1.29, 1.82) is 0 Å². The minimum atomic E-state index is -0.284. The SMILES string of the molecule is CCCCCC(CC)n1cc(O)c(=O)cc1CN1CCOCC1. The van der Waals surface area contributed by atoms with Gasteiger partial charge in [-0.1, -0.05) is 33.1 Å². The number of hydrogen-bond acceptors (Lipinski definition) is 4. The van der Waals surface area contributed by atoms with Crippen molar-refractivity contribution in [3.05, 3.63) is 28.2 Å². The van der Waals surface area contributed by atoms with Crippen LogP contribution in [0.25, 0.3) is 0 Å². The fraction of sp³-hybridized carbons (Fsp3) is 0.722. The van der Waals surface area contributed by atoms with Crippen LogP contribution in [0.1, 0.15) is 57.7 Å². The molecule has 0 saturated carbocycles. The lowest BCUT2D eigenvalue weighted by atomic mass is 10.0. The third kappa shape index (κ3) is 5.08. The maximum atomic E-state index is 11.9. The molecule has 130 valence electrons. The van der Waals surface area contributed by atoms with Gasteiger partial charge in [0.25, 0.3) is 0 Å². The standard InChI is InChI=1S/C18H30N2O3/c1-3-5-6-7-15(4-2)20-14-18(22)17(21)12-16(20)13-19-8-10-23-11-9-19/h12,14-15,22H,3-11,13H2,1-2H3. The van der Waals surface area contributed by atoms with Crippen LogP contribution in [0, 0.1) is 0 Å². The molecule has 5 nitrogen and oxygen atoms in total. The highest BCUT2D eigenvalue weighted by molar-refractivity contribution is 5.21. The Kier molecular flexibility index (Phi) is 7.12. The summed E-state index contributed by atoms with van der Waals surface area (Å²) >= 11 is 0. The first-order valence-electron chi connectivity index (χ1n) is 8.89. The molecule has 0 aromatic carbocycles. The first kappa shape index (κ1) is 18.0. The summed E-state index contributed by atoms with van der Waals surface area (Å²) in [4.78, 5) is 14.2. The van der Waals surface area contributed by atoms with Gasteiger partial charge < -0.3 is 14.4 Å². The summed E-state index contributed by atoms with van der Waals surface area (Å²) in [6.45, 7) is 8.39. The van der Waals surface area contributed by atoms with Gasteiger partial charge in [-0.3, -0.25) is 9.69 Å². The molecule has 0 aliphatic carbocycles. The molecule has 0 amide bonds. The lowest BCUT2D eigenvalue weighted by molar-refractivity contribution is 0.0328.